The molecule has 0 spiro atoms. The summed E-state index contributed by atoms with van der Waals surface area (Å²) in [5, 5.41) is 15.9. The number of halogens is 2. The Labute approximate surface area is 282 Å². The van der Waals surface area contributed by atoms with Gasteiger partial charge in [0, 0.05) is 54.1 Å². The van der Waals surface area contributed by atoms with E-state index in [0.29, 0.717) is 0 Å². The Hall–Kier alpha value is -2.32. The molecule has 4 rings (SSSR count). The molecule has 0 heterocycles. The van der Waals surface area contributed by atoms with Gasteiger partial charge in [0.25, 0.3) is 0 Å². The normalized spacial score (nSPS) is 11.0. The average molecular weight is 668 g/mol. The summed E-state index contributed by atoms with van der Waals surface area (Å²) in [5.74, 6) is 0. The Morgan fingerprint density at radius 3 is 1.27 bits per heavy atom. The van der Waals surface area contributed by atoms with E-state index in [-0.39, 0.29) is 0 Å². The molecular formula is C36H44Cl2N4S2. The Balaban J connectivity index is 0.970. The molecule has 0 radical (unpaired) electrons. The molecule has 4 N–H and O–H groups in total. The summed E-state index contributed by atoms with van der Waals surface area (Å²) in [6.45, 7) is 6.05. The fourth-order valence-corrected chi connectivity index (χ4v) is 6.86. The lowest BCUT2D eigenvalue weighted by molar-refractivity contribution is 0.558. The number of anilines is 2. The fraction of sp³-hybridized carbons (Fsp3) is 0.333. The van der Waals surface area contributed by atoms with Gasteiger partial charge in [0.2, 0.25) is 0 Å². The van der Waals surface area contributed by atoms with E-state index in [9.17, 15) is 0 Å². The van der Waals surface area contributed by atoms with Crippen molar-refractivity contribution >= 4 is 58.1 Å². The zero-order valence-corrected chi connectivity index (χ0v) is 28.4. The highest BCUT2D eigenvalue weighted by atomic mass is 35.5. The SMILES string of the molecule is Clc1ccc(Sc2ccccc2)c(NCCCNCCCCCCNCCCNc2cc(Cl)ccc2Sc2ccccc2)c1. The van der Waals surface area contributed by atoms with Crippen LogP contribution in [0.4, 0.5) is 11.4 Å². The predicted octanol–water partition coefficient (Wildman–Crippen LogP) is 10.3. The van der Waals surface area contributed by atoms with Crippen LogP contribution in [-0.4, -0.2) is 39.3 Å². The van der Waals surface area contributed by atoms with Crippen LogP contribution in [0.2, 0.25) is 10.0 Å². The molecule has 0 aliphatic heterocycles. The highest BCUT2D eigenvalue weighted by Crippen LogP contribution is 2.36. The molecule has 44 heavy (non-hydrogen) atoms. The van der Waals surface area contributed by atoms with Crippen molar-refractivity contribution in [3.8, 4) is 0 Å². The molecule has 0 fully saturated rings. The molecule has 0 atom stereocenters. The quantitative estimate of drug-likeness (QED) is 0.0664. The van der Waals surface area contributed by atoms with E-state index in [1.807, 2.05) is 36.4 Å². The molecule has 0 aliphatic carbocycles. The summed E-state index contributed by atoms with van der Waals surface area (Å²) in [6, 6.07) is 33.0. The molecule has 0 amide bonds. The summed E-state index contributed by atoms with van der Waals surface area (Å²) in [4.78, 5) is 4.85. The Morgan fingerprint density at radius 2 is 0.841 bits per heavy atom. The lowest BCUT2D eigenvalue weighted by Gasteiger charge is -2.13. The van der Waals surface area contributed by atoms with Gasteiger partial charge in [0.1, 0.15) is 0 Å². The summed E-state index contributed by atoms with van der Waals surface area (Å²) in [5.41, 5.74) is 2.20. The third-order valence-corrected chi connectivity index (χ3v) is 9.61. The van der Waals surface area contributed by atoms with E-state index >= 15 is 0 Å². The number of hydrogen-bond acceptors (Lipinski definition) is 6. The summed E-state index contributed by atoms with van der Waals surface area (Å²) >= 11 is 16.1. The summed E-state index contributed by atoms with van der Waals surface area (Å²) in [7, 11) is 0. The first-order chi connectivity index (χ1) is 21.7. The van der Waals surface area contributed by atoms with Gasteiger partial charge in [-0.2, -0.15) is 0 Å². The van der Waals surface area contributed by atoms with Crippen LogP contribution in [0.5, 0.6) is 0 Å². The largest absolute Gasteiger partial charge is 0.384 e. The predicted molar refractivity (Wildman–Crippen MR) is 194 cm³/mol. The molecule has 234 valence electrons. The average Bonchev–Trinajstić information content (AvgIpc) is 3.04. The van der Waals surface area contributed by atoms with Crippen LogP contribution in [0.1, 0.15) is 38.5 Å². The second kappa shape index (κ2) is 20.7. The smallest absolute Gasteiger partial charge is 0.0496 e. The topological polar surface area (TPSA) is 48.1 Å². The molecule has 0 bridgehead atoms. The van der Waals surface area contributed by atoms with Gasteiger partial charge in [0.05, 0.1) is 0 Å². The van der Waals surface area contributed by atoms with Gasteiger partial charge >= 0.3 is 0 Å². The Bertz CT molecular complexity index is 1250. The Morgan fingerprint density at radius 1 is 0.432 bits per heavy atom. The molecule has 4 aromatic carbocycles. The standard InChI is InChI=1S/C36H44Cl2N4S2/c37-29-17-19-35(43-31-13-5-3-6-14-31)33(27-29)41-25-11-23-39-21-9-1-2-10-22-40-24-12-26-42-34-28-30(38)18-20-36(34)44-32-15-7-4-8-16-32/h3-8,13-20,27-28,39-42H,1-2,9-12,21-26H2. The van der Waals surface area contributed by atoms with E-state index in [0.717, 1.165) is 73.5 Å². The van der Waals surface area contributed by atoms with Crippen molar-refractivity contribution in [1.29, 1.82) is 0 Å². The maximum atomic E-state index is 6.27. The first kappa shape index (κ1) is 34.6. The number of nitrogens with one attached hydrogen (secondary N) is 4. The van der Waals surface area contributed by atoms with Crippen LogP contribution < -0.4 is 21.3 Å². The first-order valence-corrected chi connectivity index (χ1v) is 18.0. The Kier molecular flexibility index (Phi) is 16.2. The summed E-state index contributed by atoms with van der Waals surface area (Å²) < 4.78 is 0. The van der Waals surface area contributed by atoms with Crippen LogP contribution in [0.25, 0.3) is 0 Å². The molecule has 0 aromatic heterocycles. The van der Waals surface area contributed by atoms with Crippen LogP contribution in [0.15, 0.2) is 117 Å². The van der Waals surface area contributed by atoms with Crippen molar-refractivity contribution in [2.45, 2.75) is 58.1 Å². The third-order valence-electron chi connectivity index (χ3n) is 6.97. The van der Waals surface area contributed by atoms with Crippen molar-refractivity contribution in [3.63, 3.8) is 0 Å². The molecule has 4 aromatic rings. The van der Waals surface area contributed by atoms with E-state index in [4.69, 9.17) is 23.2 Å². The fourth-order valence-electron chi connectivity index (χ4n) is 4.67. The molecule has 0 aliphatic rings. The third kappa shape index (κ3) is 13.4. The number of unbranched alkanes of at least 4 members (excludes halogenated alkanes) is 3. The van der Waals surface area contributed by atoms with Gasteiger partial charge in [0.15, 0.2) is 0 Å². The van der Waals surface area contributed by atoms with Crippen LogP contribution in [0.3, 0.4) is 0 Å². The summed E-state index contributed by atoms with van der Waals surface area (Å²) in [6.07, 6.45) is 7.15. The van der Waals surface area contributed by atoms with Crippen molar-refractivity contribution in [2.75, 3.05) is 49.9 Å². The number of hydrogen-bond donors (Lipinski definition) is 4. The molecule has 0 saturated carbocycles. The van der Waals surface area contributed by atoms with E-state index in [2.05, 4.69) is 81.9 Å². The minimum atomic E-state index is 0.761. The number of rotatable bonds is 21. The van der Waals surface area contributed by atoms with E-state index in [1.165, 1.54) is 45.3 Å². The van der Waals surface area contributed by atoms with Gasteiger partial charge in [-0.1, -0.05) is 96.0 Å². The molecule has 8 heteroatoms. The maximum Gasteiger partial charge on any atom is 0.0496 e. The second-order valence-electron chi connectivity index (χ2n) is 10.6. The monoisotopic (exact) mass is 666 g/mol. The first-order valence-electron chi connectivity index (χ1n) is 15.6. The van der Waals surface area contributed by atoms with Gasteiger partial charge in [-0.15, -0.1) is 0 Å². The maximum absolute atomic E-state index is 6.27. The van der Waals surface area contributed by atoms with Gasteiger partial charge in [-0.25, -0.2) is 0 Å². The van der Waals surface area contributed by atoms with Crippen molar-refractivity contribution in [3.05, 3.63) is 107 Å². The van der Waals surface area contributed by atoms with Crippen LogP contribution >= 0.6 is 46.7 Å². The van der Waals surface area contributed by atoms with Gasteiger partial charge in [-0.05, 0) is 113 Å². The van der Waals surface area contributed by atoms with Crippen LogP contribution in [0, 0.1) is 0 Å². The molecule has 0 saturated heterocycles. The van der Waals surface area contributed by atoms with Crippen molar-refractivity contribution < 1.29 is 0 Å². The zero-order chi connectivity index (χ0) is 30.7. The van der Waals surface area contributed by atoms with Crippen LogP contribution in [-0.2, 0) is 0 Å². The lowest BCUT2D eigenvalue weighted by atomic mass is 10.2. The van der Waals surface area contributed by atoms with Gasteiger partial charge in [-0.3, -0.25) is 0 Å². The molecule has 0 unspecified atom stereocenters. The van der Waals surface area contributed by atoms with Gasteiger partial charge < -0.3 is 21.3 Å². The highest BCUT2D eigenvalue weighted by molar-refractivity contribution is 7.99. The van der Waals surface area contributed by atoms with E-state index in [1.54, 1.807) is 23.5 Å². The minimum Gasteiger partial charge on any atom is -0.384 e. The highest BCUT2D eigenvalue weighted by Gasteiger charge is 2.07. The molecular weight excluding hydrogens is 623 g/mol. The molecule has 4 nitrogen and oxygen atoms in total. The second-order valence-corrected chi connectivity index (χ2v) is 13.7. The van der Waals surface area contributed by atoms with Crippen molar-refractivity contribution in [2.24, 2.45) is 0 Å². The van der Waals surface area contributed by atoms with E-state index < -0.39 is 0 Å². The zero-order valence-electron chi connectivity index (χ0n) is 25.3. The number of benzene rings is 4. The lowest BCUT2D eigenvalue weighted by Crippen LogP contribution is -2.20. The van der Waals surface area contributed by atoms with Crippen molar-refractivity contribution in [1.82, 2.24) is 10.6 Å². The minimum absolute atomic E-state index is 0.761.